The van der Waals surface area contributed by atoms with E-state index in [0.717, 1.165) is 12.1 Å². The van der Waals surface area contributed by atoms with E-state index in [2.05, 4.69) is 5.32 Å². The third-order valence-corrected chi connectivity index (χ3v) is 6.48. The maximum Gasteiger partial charge on any atom is 0.405 e. The number of hydrogen-bond acceptors (Lipinski definition) is 2. The molecule has 0 bridgehead atoms. The van der Waals surface area contributed by atoms with Crippen molar-refractivity contribution in [2.75, 3.05) is 11.9 Å². The molecule has 2 amide bonds. The van der Waals surface area contributed by atoms with Crippen LogP contribution in [0.25, 0.3) is 0 Å². The molecule has 0 unspecified atom stereocenters. The van der Waals surface area contributed by atoms with Crippen LogP contribution in [-0.4, -0.2) is 28.9 Å². The van der Waals surface area contributed by atoms with Crippen LogP contribution in [0.2, 0.25) is 10.0 Å². The predicted octanol–water partition coefficient (Wildman–Crippen LogP) is 6.75. The lowest BCUT2D eigenvalue weighted by Gasteiger charge is -2.11. The summed E-state index contributed by atoms with van der Waals surface area (Å²) < 4.78 is 61.3. The summed E-state index contributed by atoms with van der Waals surface area (Å²) in [5.74, 6) is -3.50. The maximum absolute atomic E-state index is 12.9. The topological polar surface area (TPSA) is 58.2 Å². The Bertz CT molecular complexity index is 1090. The Balaban J connectivity index is 1.75. The van der Waals surface area contributed by atoms with Crippen LogP contribution in [0.1, 0.15) is 33.8 Å². The fourth-order valence-corrected chi connectivity index (χ4v) is 4.56. The maximum atomic E-state index is 12.9. The van der Waals surface area contributed by atoms with Gasteiger partial charge in [-0.25, -0.2) is 8.78 Å². The number of alkyl halides is 7. The fraction of sp³-hybridized carbons (Fsp3) is 0.300. The molecule has 0 aromatic heterocycles. The normalized spacial score (nSPS) is 19.3. The molecule has 1 saturated carbocycles. The second-order valence-electron chi connectivity index (χ2n) is 7.19. The molecule has 0 saturated heterocycles. The highest BCUT2D eigenvalue weighted by Crippen LogP contribution is 2.65. The molecule has 1 aliphatic rings. The van der Waals surface area contributed by atoms with Gasteiger partial charge < -0.3 is 10.6 Å². The average molecular weight is 550 g/mol. The molecule has 2 aromatic carbocycles. The Morgan fingerprint density at radius 2 is 1.70 bits per heavy atom. The minimum absolute atomic E-state index is 0.0578. The molecule has 2 N–H and O–H groups in total. The van der Waals surface area contributed by atoms with Gasteiger partial charge in [-0.05, 0) is 29.8 Å². The van der Waals surface area contributed by atoms with Crippen LogP contribution >= 0.6 is 46.4 Å². The number of rotatable bonds is 6. The Morgan fingerprint density at radius 1 is 1.03 bits per heavy atom. The van der Waals surface area contributed by atoms with Gasteiger partial charge >= 0.3 is 6.18 Å². The van der Waals surface area contributed by atoms with E-state index in [1.165, 1.54) is 24.3 Å². The molecule has 3 rings (SSSR count). The average Bonchev–Trinajstić information content (AvgIpc) is 3.28. The first-order chi connectivity index (χ1) is 15.2. The lowest BCUT2D eigenvalue weighted by atomic mass is 10.1. The van der Waals surface area contributed by atoms with Crippen LogP contribution in [0.3, 0.4) is 0 Å². The van der Waals surface area contributed by atoms with Crippen molar-refractivity contribution in [1.29, 1.82) is 0 Å². The van der Waals surface area contributed by atoms with Gasteiger partial charge in [-0.2, -0.15) is 13.2 Å². The smallest absolute Gasteiger partial charge is 0.343 e. The Morgan fingerprint density at radius 3 is 2.27 bits per heavy atom. The summed E-state index contributed by atoms with van der Waals surface area (Å²) in [5.41, 5.74) is -0.238. The highest BCUT2D eigenvalue weighted by Gasteiger charge is 2.67. The molecule has 33 heavy (non-hydrogen) atoms. The molecule has 178 valence electrons. The van der Waals surface area contributed by atoms with E-state index in [9.17, 15) is 31.5 Å². The lowest BCUT2D eigenvalue weighted by molar-refractivity contribution is -0.123. The summed E-state index contributed by atoms with van der Waals surface area (Å²) >= 11 is 24.2. The number of amides is 2. The van der Waals surface area contributed by atoms with Crippen molar-refractivity contribution >= 4 is 63.9 Å². The fourth-order valence-electron chi connectivity index (χ4n) is 3.25. The van der Waals surface area contributed by atoms with Crippen molar-refractivity contribution in [2.24, 2.45) is 5.92 Å². The summed E-state index contributed by atoms with van der Waals surface area (Å²) in [6.45, 7) is -1.56. The van der Waals surface area contributed by atoms with Gasteiger partial charge in [0, 0.05) is 22.2 Å². The number of carbonyl (C=O) groups excluding carboxylic acids is 2. The number of hydrogen-bond donors (Lipinski definition) is 2. The van der Waals surface area contributed by atoms with Gasteiger partial charge in [0.15, 0.2) is 0 Å². The summed E-state index contributed by atoms with van der Waals surface area (Å²) in [7, 11) is 0. The third-order valence-electron chi connectivity index (χ3n) is 4.88. The highest BCUT2D eigenvalue weighted by molar-refractivity contribution is 6.53. The zero-order chi connectivity index (χ0) is 24.7. The van der Waals surface area contributed by atoms with E-state index in [4.69, 9.17) is 46.4 Å². The van der Waals surface area contributed by atoms with Crippen molar-refractivity contribution in [3.8, 4) is 0 Å². The molecule has 0 radical (unpaired) electrons. The number of anilines is 1. The Hall–Kier alpha value is -1.81. The van der Waals surface area contributed by atoms with Crippen LogP contribution in [0.5, 0.6) is 0 Å². The molecule has 2 aromatic rings. The number of benzene rings is 2. The van der Waals surface area contributed by atoms with Gasteiger partial charge in [0.1, 0.15) is 10.9 Å². The summed E-state index contributed by atoms with van der Waals surface area (Å²) in [5, 5.41) is 3.83. The lowest BCUT2D eigenvalue weighted by Crippen LogP contribution is -2.33. The van der Waals surface area contributed by atoms with Crippen LogP contribution in [0, 0.1) is 5.92 Å². The summed E-state index contributed by atoms with van der Waals surface area (Å²) in [6.07, 6.45) is -7.40. The van der Waals surface area contributed by atoms with Gasteiger partial charge in [-0.1, -0.05) is 35.3 Å². The second-order valence-corrected chi connectivity index (χ2v) is 9.45. The minimum Gasteiger partial charge on any atom is -0.343 e. The first-order valence-corrected chi connectivity index (χ1v) is 10.6. The minimum atomic E-state index is -4.62. The third kappa shape index (κ3) is 5.82. The van der Waals surface area contributed by atoms with Crippen molar-refractivity contribution < 1.29 is 31.5 Å². The van der Waals surface area contributed by atoms with Gasteiger partial charge in [-0.15, -0.1) is 23.2 Å². The number of nitrogens with one attached hydrogen (secondary N) is 2. The van der Waals surface area contributed by atoms with Gasteiger partial charge in [-0.3, -0.25) is 9.59 Å². The highest BCUT2D eigenvalue weighted by atomic mass is 35.5. The Kier molecular flexibility index (Phi) is 7.39. The standard InChI is InChI=1S/C20H13Cl4F5N2O2/c21-12-4-2-9(6-11(12)17(32)30-7-19(27,28)29)31-18(33)15-14(20(15,23)24)8-1-3-10(16(25)26)13(22)5-8/h1-6,14-16H,7H2,(H,30,32)(H,31,33)/t14-,15+/m0/s1. The van der Waals surface area contributed by atoms with Crippen LogP contribution in [0.4, 0.5) is 27.6 Å². The zero-order valence-electron chi connectivity index (χ0n) is 16.1. The number of carbonyl (C=O) groups is 2. The van der Waals surface area contributed by atoms with Gasteiger partial charge in [0.2, 0.25) is 5.91 Å². The molecule has 2 atom stereocenters. The van der Waals surface area contributed by atoms with E-state index < -0.39 is 47.1 Å². The van der Waals surface area contributed by atoms with E-state index in [1.54, 1.807) is 5.32 Å². The second kappa shape index (κ2) is 9.44. The summed E-state index contributed by atoms with van der Waals surface area (Å²) in [6, 6.07) is 7.37. The molecule has 0 aliphatic heterocycles. The van der Waals surface area contributed by atoms with Crippen molar-refractivity contribution in [3.63, 3.8) is 0 Å². The van der Waals surface area contributed by atoms with Crippen LogP contribution < -0.4 is 10.6 Å². The zero-order valence-corrected chi connectivity index (χ0v) is 19.1. The van der Waals surface area contributed by atoms with Crippen molar-refractivity contribution in [3.05, 3.63) is 63.1 Å². The van der Waals surface area contributed by atoms with E-state index >= 15 is 0 Å². The SMILES string of the molecule is O=C(NCC(F)(F)F)c1cc(NC(=O)[C@H]2[C@H](c3ccc(C(F)F)c(Cl)c3)C2(Cl)Cl)ccc1Cl. The summed E-state index contributed by atoms with van der Waals surface area (Å²) in [4.78, 5) is 24.8. The van der Waals surface area contributed by atoms with Crippen LogP contribution in [-0.2, 0) is 4.79 Å². The molecule has 4 nitrogen and oxygen atoms in total. The Labute approximate surface area is 204 Å². The molecular weight excluding hydrogens is 537 g/mol. The largest absolute Gasteiger partial charge is 0.405 e. The molecule has 1 fully saturated rings. The predicted molar refractivity (Wildman–Crippen MR) is 116 cm³/mol. The number of halogens is 9. The molecule has 0 spiro atoms. The first-order valence-electron chi connectivity index (χ1n) is 9.13. The van der Waals surface area contributed by atoms with E-state index in [1.807, 2.05) is 0 Å². The van der Waals surface area contributed by atoms with E-state index in [0.29, 0.717) is 5.56 Å². The van der Waals surface area contributed by atoms with Crippen molar-refractivity contribution in [1.82, 2.24) is 5.32 Å². The monoisotopic (exact) mass is 548 g/mol. The molecular formula is C20H13Cl4F5N2O2. The molecule has 0 heterocycles. The van der Waals surface area contributed by atoms with Gasteiger partial charge in [0.25, 0.3) is 12.3 Å². The quantitative estimate of drug-likeness (QED) is 0.309. The van der Waals surface area contributed by atoms with Crippen molar-refractivity contribution in [2.45, 2.75) is 22.9 Å². The van der Waals surface area contributed by atoms with E-state index in [-0.39, 0.29) is 26.9 Å². The van der Waals surface area contributed by atoms with Crippen LogP contribution in [0.15, 0.2) is 36.4 Å². The first kappa shape index (κ1) is 25.8. The molecule has 13 heteroatoms. The van der Waals surface area contributed by atoms with Gasteiger partial charge in [0.05, 0.1) is 16.5 Å². The molecule has 1 aliphatic carbocycles.